The largest absolute Gasteiger partial charge is 0.390 e. The Labute approximate surface area is 100 Å². The quantitative estimate of drug-likeness (QED) is 0.732. The molecule has 1 aliphatic carbocycles. The molecule has 0 heterocycles. The van der Waals surface area contributed by atoms with Crippen LogP contribution in [0, 0.1) is 5.92 Å². The molecule has 0 saturated heterocycles. The summed E-state index contributed by atoms with van der Waals surface area (Å²) in [5.74, 6) is 0.281. The van der Waals surface area contributed by atoms with Crippen molar-refractivity contribution >= 4 is 0 Å². The van der Waals surface area contributed by atoms with Gasteiger partial charge in [0.2, 0.25) is 0 Å². The standard InChI is InChI=1S/C14H28O2/c1-3-5-9-12(4-2)13(15)14(16)10-7-6-8-11-14/h12-13,15-16H,3-11H2,1-2H3. The zero-order chi connectivity index (χ0) is 12.0. The summed E-state index contributed by atoms with van der Waals surface area (Å²) in [6.07, 6.45) is 8.77. The normalized spacial score (nSPS) is 24.0. The SMILES string of the molecule is CCCCC(CC)C(O)C1(O)CCCCC1. The summed E-state index contributed by atoms with van der Waals surface area (Å²) in [5.41, 5.74) is -0.785. The van der Waals surface area contributed by atoms with Crippen molar-refractivity contribution in [1.82, 2.24) is 0 Å². The Bertz CT molecular complexity index is 185. The van der Waals surface area contributed by atoms with Crippen molar-refractivity contribution < 1.29 is 10.2 Å². The average molecular weight is 228 g/mol. The fraction of sp³-hybridized carbons (Fsp3) is 1.00. The Hall–Kier alpha value is -0.0800. The van der Waals surface area contributed by atoms with Gasteiger partial charge in [-0.3, -0.25) is 0 Å². The lowest BCUT2D eigenvalue weighted by Crippen LogP contribution is -2.47. The van der Waals surface area contributed by atoms with Crippen LogP contribution in [-0.4, -0.2) is 21.9 Å². The van der Waals surface area contributed by atoms with Gasteiger partial charge in [0.15, 0.2) is 0 Å². The summed E-state index contributed by atoms with van der Waals surface area (Å²) in [4.78, 5) is 0. The van der Waals surface area contributed by atoms with Crippen LogP contribution >= 0.6 is 0 Å². The Morgan fingerprint density at radius 1 is 1.12 bits per heavy atom. The van der Waals surface area contributed by atoms with E-state index in [2.05, 4.69) is 13.8 Å². The van der Waals surface area contributed by atoms with Crippen LogP contribution in [0.2, 0.25) is 0 Å². The highest BCUT2D eigenvalue weighted by Crippen LogP contribution is 2.35. The van der Waals surface area contributed by atoms with E-state index < -0.39 is 11.7 Å². The van der Waals surface area contributed by atoms with E-state index in [1.807, 2.05) is 0 Å². The monoisotopic (exact) mass is 228 g/mol. The number of aliphatic hydroxyl groups is 2. The first-order valence-electron chi connectivity index (χ1n) is 7.04. The maximum absolute atomic E-state index is 10.5. The molecule has 0 amide bonds. The van der Waals surface area contributed by atoms with Gasteiger partial charge in [-0.15, -0.1) is 0 Å². The average Bonchev–Trinajstić information content (AvgIpc) is 2.31. The van der Waals surface area contributed by atoms with E-state index >= 15 is 0 Å². The van der Waals surface area contributed by atoms with E-state index in [-0.39, 0.29) is 5.92 Å². The van der Waals surface area contributed by atoms with Crippen LogP contribution in [0.4, 0.5) is 0 Å². The molecule has 2 unspecified atom stereocenters. The molecule has 0 spiro atoms. The fourth-order valence-corrected chi connectivity index (χ4v) is 2.95. The van der Waals surface area contributed by atoms with E-state index in [1.165, 1.54) is 12.8 Å². The van der Waals surface area contributed by atoms with Crippen LogP contribution in [0.3, 0.4) is 0 Å². The Balaban J connectivity index is 2.54. The Kier molecular flexibility index (Phi) is 5.77. The maximum Gasteiger partial charge on any atom is 0.0908 e. The molecule has 0 aromatic carbocycles. The lowest BCUT2D eigenvalue weighted by molar-refractivity contribution is -0.122. The zero-order valence-corrected chi connectivity index (χ0v) is 10.9. The highest BCUT2D eigenvalue weighted by molar-refractivity contribution is 4.92. The van der Waals surface area contributed by atoms with Crippen LogP contribution in [0.5, 0.6) is 0 Å². The number of rotatable bonds is 6. The van der Waals surface area contributed by atoms with Gasteiger partial charge in [0, 0.05) is 0 Å². The van der Waals surface area contributed by atoms with Crippen molar-refractivity contribution in [3.8, 4) is 0 Å². The van der Waals surface area contributed by atoms with Crippen LogP contribution < -0.4 is 0 Å². The van der Waals surface area contributed by atoms with Crippen molar-refractivity contribution in [3.63, 3.8) is 0 Å². The summed E-state index contributed by atoms with van der Waals surface area (Å²) in [6.45, 7) is 4.30. The van der Waals surface area contributed by atoms with Gasteiger partial charge in [-0.1, -0.05) is 52.4 Å². The van der Waals surface area contributed by atoms with Crippen molar-refractivity contribution in [2.24, 2.45) is 5.92 Å². The van der Waals surface area contributed by atoms with Gasteiger partial charge < -0.3 is 10.2 Å². The minimum absolute atomic E-state index is 0.281. The molecular formula is C14H28O2. The lowest BCUT2D eigenvalue weighted by atomic mass is 9.74. The first-order valence-corrected chi connectivity index (χ1v) is 7.04. The summed E-state index contributed by atoms with van der Waals surface area (Å²) in [5, 5.41) is 20.9. The summed E-state index contributed by atoms with van der Waals surface area (Å²) >= 11 is 0. The third-order valence-corrected chi connectivity index (χ3v) is 4.17. The van der Waals surface area contributed by atoms with E-state index in [4.69, 9.17) is 0 Å². The molecule has 2 N–H and O–H groups in total. The predicted molar refractivity (Wildman–Crippen MR) is 67.3 cm³/mol. The van der Waals surface area contributed by atoms with Crippen molar-refractivity contribution in [1.29, 1.82) is 0 Å². The van der Waals surface area contributed by atoms with Gasteiger partial charge in [-0.05, 0) is 25.2 Å². The number of unbranched alkanes of at least 4 members (excludes halogenated alkanes) is 1. The molecule has 2 heteroatoms. The summed E-state index contributed by atoms with van der Waals surface area (Å²) < 4.78 is 0. The fourth-order valence-electron chi connectivity index (χ4n) is 2.95. The van der Waals surface area contributed by atoms with E-state index in [9.17, 15) is 10.2 Å². The van der Waals surface area contributed by atoms with Crippen LogP contribution in [-0.2, 0) is 0 Å². The first-order chi connectivity index (χ1) is 7.64. The first kappa shape index (κ1) is 14.0. The molecule has 0 radical (unpaired) electrons. The molecule has 2 nitrogen and oxygen atoms in total. The van der Waals surface area contributed by atoms with Gasteiger partial charge in [-0.2, -0.15) is 0 Å². The molecule has 16 heavy (non-hydrogen) atoms. The third kappa shape index (κ3) is 3.46. The molecule has 1 saturated carbocycles. The van der Waals surface area contributed by atoms with Gasteiger partial charge in [0.25, 0.3) is 0 Å². The second kappa shape index (κ2) is 6.61. The molecule has 2 atom stereocenters. The lowest BCUT2D eigenvalue weighted by Gasteiger charge is -2.40. The Morgan fingerprint density at radius 2 is 1.75 bits per heavy atom. The third-order valence-electron chi connectivity index (χ3n) is 4.17. The Morgan fingerprint density at radius 3 is 2.25 bits per heavy atom. The molecular weight excluding hydrogens is 200 g/mol. The highest BCUT2D eigenvalue weighted by Gasteiger charge is 2.39. The van der Waals surface area contributed by atoms with Gasteiger partial charge >= 0.3 is 0 Å². The van der Waals surface area contributed by atoms with Crippen LogP contribution in [0.1, 0.15) is 71.6 Å². The second-order valence-corrected chi connectivity index (χ2v) is 5.42. The number of hydrogen-bond donors (Lipinski definition) is 2. The zero-order valence-electron chi connectivity index (χ0n) is 10.9. The van der Waals surface area contributed by atoms with Gasteiger partial charge in [-0.25, -0.2) is 0 Å². The number of aliphatic hydroxyl groups excluding tert-OH is 1. The topological polar surface area (TPSA) is 40.5 Å². The van der Waals surface area contributed by atoms with E-state index in [0.717, 1.165) is 44.9 Å². The minimum Gasteiger partial charge on any atom is -0.390 e. The van der Waals surface area contributed by atoms with E-state index in [1.54, 1.807) is 0 Å². The number of hydrogen-bond acceptors (Lipinski definition) is 2. The molecule has 1 rings (SSSR count). The maximum atomic E-state index is 10.5. The molecule has 0 bridgehead atoms. The summed E-state index contributed by atoms with van der Waals surface area (Å²) in [7, 11) is 0. The molecule has 1 aliphatic rings. The molecule has 0 aliphatic heterocycles. The van der Waals surface area contributed by atoms with E-state index in [0.29, 0.717) is 0 Å². The van der Waals surface area contributed by atoms with Crippen molar-refractivity contribution in [2.75, 3.05) is 0 Å². The van der Waals surface area contributed by atoms with Crippen molar-refractivity contribution in [2.45, 2.75) is 83.3 Å². The van der Waals surface area contributed by atoms with Gasteiger partial charge in [0.05, 0.1) is 11.7 Å². The smallest absolute Gasteiger partial charge is 0.0908 e. The molecule has 96 valence electrons. The molecule has 1 fully saturated rings. The van der Waals surface area contributed by atoms with Crippen LogP contribution in [0.15, 0.2) is 0 Å². The summed E-state index contributed by atoms with van der Waals surface area (Å²) in [6, 6.07) is 0. The van der Waals surface area contributed by atoms with Gasteiger partial charge in [0.1, 0.15) is 0 Å². The van der Waals surface area contributed by atoms with Crippen molar-refractivity contribution in [3.05, 3.63) is 0 Å². The van der Waals surface area contributed by atoms with Crippen LogP contribution in [0.25, 0.3) is 0 Å². The predicted octanol–water partition coefficient (Wildman–Crippen LogP) is 3.26. The molecule has 0 aromatic rings. The molecule has 0 aromatic heterocycles. The second-order valence-electron chi connectivity index (χ2n) is 5.42. The minimum atomic E-state index is -0.785. The highest BCUT2D eigenvalue weighted by atomic mass is 16.3.